The van der Waals surface area contributed by atoms with Gasteiger partial charge in [-0.15, -0.1) is 0 Å². The van der Waals surface area contributed by atoms with E-state index in [0.717, 1.165) is 52.6 Å². The van der Waals surface area contributed by atoms with Gasteiger partial charge < -0.3 is 47.4 Å². The molecule has 12 unspecified atom stereocenters. The molecule has 10 aliphatic rings. The first kappa shape index (κ1) is 35.0. The van der Waals surface area contributed by atoms with Crippen LogP contribution in [0.1, 0.15) is 330 Å². The Morgan fingerprint density at radius 2 is 0.718 bits per heavy atom. The summed E-state index contributed by atoms with van der Waals surface area (Å²) in [7, 11) is -10.6. The average Bonchev–Trinajstić information content (AvgIpc) is 0.644. The number of carbonyl (C=O) groups is 5. The molecule has 0 N–H and O–H groups in total. The summed E-state index contributed by atoms with van der Waals surface area (Å²) in [4.78, 5) is 69.0. The number of methoxy groups -OCH3 is 10. The molecule has 0 saturated carbocycles. The number of rotatable bonds is 22. The zero-order valence-corrected chi connectivity index (χ0v) is 66.0. The van der Waals surface area contributed by atoms with Crippen molar-refractivity contribution in [1.29, 1.82) is 0 Å². The molecule has 642 valence electrons. The maximum atomic E-state index is 14.0. The van der Waals surface area contributed by atoms with Crippen molar-refractivity contribution in [3.05, 3.63) is 116 Å². The van der Waals surface area contributed by atoms with E-state index in [-0.39, 0.29) is 53.6 Å². The number of ether oxygens (including phenoxy) is 10. The number of piperidine rings is 5. The van der Waals surface area contributed by atoms with Crippen molar-refractivity contribution in [2.75, 3.05) is 136 Å². The lowest BCUT2D eigenvalue weighted by Gasteiger charge is -2.43. The summed E-state index contributed by atoms with van der Waals surface area (Å²) >= 11 is 0. The highest BCUT2D eigenvalue weighted by atomic mass is 16.5. The second kappa shape index (κ2) is 41.0. The first-order valence-electron chi connectivity index (χ1n) is 72.5. The molecule has 5 saturated heterocycles. The molecule has 5 aromatic rings. The number of hydrogen-bond donors (Lipinski definition) is 0. The molecule has 0 bridgehead atoms. The van der Waals surface area contributed by atoms with Gasteiger partial charge in [0.15, 0.2) is 57.5 Å². The number of nitrogens with zero attached hydrogens (tertiary/aromatic N) is 5. The Balaban J connectivity index is 0.000000219. The van der Waals surface area contributed by atoms with E-state index < -0.39 is 447 Å². The maximum absolute atomic E-state index is 14.0. The number of Topliss-reactive ketones (excluding diaryl/α,β-unsaturated/α-hetero) is 5. The molecule has 0 radical (unpaired) electrons. The molecule has 15 rings (SSSR count). The van der Waals surface area contributed by atoms with Gasteiger partial charge in [-0.25, -0.2) is 0 Å². The van der Waals surface area contributed by atoms with Gasteiger partial charge in [-0.1, -0.05) is 81.8 Å². The molecule has 20 heteroatoms. The SMILES string of the molecule is [2H]C([2H])([2H])Oc1cc2c(cc1OC)C([2H])([2H])C([2H])([2H])N1CC([2H])(CC(C)C)C(=O)C([2H])([2H])C21[2H].[2H]c1c(OC([2H])([2H])[2H])c(OC)c([2H])c2c1C1([2H])CC(=O)C(C([2H])([2H])C([2H])(C([2H])([2H])[2H])C([2H])([2H])C)CN1C([2H])([2H])C2([2H])[2H].[2H]c1c(OC([2H])([2H])[2H])c(OC)c([2H])c2c1C1([2H])CC(=O)C(CC(C)C)C([2H])([2H])N1C([2H])([2H])C2([2H])[2H].[2H]c1c(OC([2H])([2H])[2H])c(OC)c([2H])c2c1C1([2H])CC(=O)C(CC(C)C)CN1C([2H])([2H])C2([2H])[2H].[2H]c1c(OC)c(OC([2H])([2H])[2H])c([2H])c2c1C([2H])([2H])C([2H])([2H])N1CC([2H])(C([2H])([2H])C([2H])(C([2H])([2H])[2H])C([2H])([2H])C)C(=O)C([2H])([2H])C21[2H]. The largest absolute Gasteiger partial charge is 0.493 e. The van der Waals surface area contributed by atoms with E-state index in [1.165, 1.54) is 0 Å². The van der Waals surface area contributed by atoms with E-state index in [0.29, 0.717) is 35.0 Å². The van der Waals surface area contributed by atoms with Crippen LogP contribution in [0.25, 0.3) is 0 Å². The zero-order valence-electron chi connectivity index (χ0n) is 138. The van der Waals surface area contributed by atoms with E-state index in [2.05, 4.69) is 0 Å². The van der Waals surface area contributed by atoms with Crippen molar-refractivity contribution >= 4 is 28.9 Å². The highest BCUT2D eigenvalue weighted by Gasteiger charge is 2.45. The third-order valence-corrected chi connectivity index (χ3v) is 19.0. The first-order chi connectivity index (χ1) is 83.8. The number of benzene rings is 5. The second-order valence-corrected chi connectivity index (χ2v) is 28.2. The summed E-state index contributed by atoms with van der Waals surface area (Å²) in [6.07, 6.45) is -39.6. The zero-order chi connectivity index (χ0) is 147. The monoisotopic (exact) mass is 1690 g/mol. The lowest BCUT2D eigenvalue weighted by Crippen LogP contribution is -2.46. The molecule has 12 atom stereocenters. The summed E-state index contributed by atoms with van der Waals surface area (Å²) in [5.74, 6) is -31.2. The van der Waals surface area contributed by atoms with Gasteiger partial charge in [0.1, 0.15) is 28.9 Å². The maximum Gasteiger partial charge on any atom is 0.161 e. The molecule has 0 amide bonds. The van der Waals surface area contributed by atoms with Crippen LogP contribution in [0.15, 0.2) is 60.5 Å². The van der Waals surface area contributed by atoms with Crippen LogP contribution in [0.3, 0.4) is 0 Å². The van der Waals surface area contributed by atoms with Gasteiger partial charge >= 0.3 is 0 Å². The summed E-state index contributed by atoms with van der Waals surface area (Å²) in [6, 6.07) is -20.0. The minimum absolute atomic E-state index is 0.0117. The van der Waals surface area contributed by atoms with Crippen LogP contribution in [0.4, 0.5) is 0 Å². The molecule has 5 fully saturated rings. The highest BCUT2D eigenvalue weighted by Crippen LogP contribution is 2.49. The summed E-state index contributed by atoms with van der Waals surface area (Å²) in [6.45, 7) is -18.9. The summed E-state index contributed by atoms with van der Waals surface area (Å²) in [5, 5.41) is 0. The van der Waals surface area contributed by atoms with Crippen molar-refractivity contribution in [2.45, 2.75) is 208 Å². The lowest BCUT2D eigenvalue weighted by atomic mass is 9.79. The van der Waals surface area contributed by atoms with E-state index >= 15 is 0 Å². The second-order valence-electron chi connectivity index (χ2n) is 28.2. The smallest absolute Gasteiger partial charge is 0.161 e. The Labute approximate surface area is 800 Å². The number of fused-ring (bicyclic) bond motifs is 15. The molecule has 20 nitrogen and oxygen atoms in total. The normalized spacial score (nSPS) is 45.4. The van der Waals surface area contributed by atoms with Crippen LogP contribution < -0.4 is 47.4 Å². The summed E-state index contributed by atoms with van der Waals surface area (Å²) < 4.78 is 648. The van der Waals surface area contributed by atoms with Gasteiger partial charge in [0.25, 0.3) is 0 Å². The number of aryl methyl sites for hydroxylation is 1. The fraction of sp³-hybridized carbons (Fsp3) is 0.639. The minimum atomic E-state index is -4.22. The minimum Gasteiger partial charge on any atom is -0.493 e. The van der Waals surface area contributed by atoms with E-state index in [4.69, 9.17) is 143 Å². The first-order valence-corrected chi connectivity index (χ1v) is 36.5. The van der Waals surface area contributed by atoms with Crippen molar-refractivity contribution < 1.29 is 170 Å². The third kappa shape index (κ3) is 21.0. The van der Waals surface area contributed by atoms with Gasteiger partial charge in [0, 0.05) is 217 Å². The Bertz CT molecular complexity index is 7760. The van der Waals surface area contributed by atoms with E-state index in [9.17, 15) is 26.7 Å². The fourth-order valence-electron chi connectivity index (χ4n) is 13.4. The van der Waals surface area contributed by atoms with Crippen LogP contribution in [-0.4, -0.2) is 189 Å². The van der Waals surface area contributed by atoms with Gasteiger partial charge in [-0.3, -0.25) is 48.5 Å². The van der Waals surface area contributed by atoms with Crippen molar-refractivity contribution in [3.63, 3.8) is 0 Å². The van der Waals surface area contributed by atoms with Crippen LogP contribution >= 0.6 is 0 Å². The standard InChI is InChI=1S/2C20H29NO3.3C19H27NO3/c2*1-5-13(2)8-15-12-21-7-6-14-9-19(23-3)20(24-4)10-16(14)17(21)11-18(15)22;3*1-12(2)7-14-11-20-6-5-13-8-18(22-3)19(23-4)9-15(13)16(20)10-17(14)21/h2*9-10,13,15,17H,5-8,11-12H2,1-4H3;3*8-9,12,14,16H,5-7,10-11H2,1-4H3/i2D3,4D3,5D2,6D2,7D2,8D2,9D,10D,11D2,13D,15D,17D;2D3,4D3,5D2,6D2,7D2,8D2,9D,10D,13D,17D;4D3,5D2,6D2,8D,9D,11D2,16D;4D3,5D2,6D2,10D2,14D,16D;4D3,5D2,6D2,8D,9D,16D. The summed E-state index contributed by atoms with van der Waals surface area (Å²) in [5.41, 5.74) is -7.77. The molecule has 0 aromatic heterocycles. The number of ketones is 5. The molecular weight excluding hydrogens is 1480 g/mol. The van der Waals surface area contributed by atoms with Crippen molar-refractivity contribution in [1.82, 2.24) is 24.5 Å². The molecule has 5 aromatic carbocycles. The topological polar surface area (TPSA) is 194 Å². The average molecular weight is 1690 g/mol. The highest BCUT2D eigenvalue weighted by molar-refractivity contribution is 5.86. The Hall–Kier alpha value is -7.75. The van der Waals surface area contributed by atoms with Crippen molar-refractivity contribution in [3.8, 4) is 57.5 Å². The number of hydrogen-bond acceptors (Lipinski definition) is 20. The fourth-order valence-corrected chi connectivity index (χ4v) is 13.4. The number of carbonyl (C=O) groups excluding carboxylic acids is 5. The Kier molecular flexibility index (Phi) is 12.3. The molecule has 0 spiro atoms. The molecular formula is C97H139N5O15. The molecule has 117 heavy (non-hydrogen) atoms. The quantitative estimate of drug-likeness (QED) is 0.0634. The third-order valence-electron chi connectivity index (χ3n) is 19.0. The van der Waals surface area contributed by atoms with E-state index in [1.807, 2.05) is 13.8 Å². The Morgan fingerprint density at radius 3 is 1.15 bits per heavy atom. The lowest BCUT2D eigenvalue weighted by molar-refractivity contribution is -0.130. The molecule has 10 aliphatic heterocycles. The molecule has 10 heterocycles. The van der Waals surface area contributed by atoms with Crippen molar-refractivity contribution in [2.24, 2.45) is 59.1 Å². The van der Waals surface area contributed by atoms with Gasteiger partial charge in [-0.2, -0.15) is 0 Å². The van der Waals surface area contributed by atoms with Gasteiger partial charge in [0.05, 0.1) is 109 Å². The van der Waals surface area contributed by atoms with Crippen LogP contribution in [0.5, 0.6) is 57.5 Å². The predicted octanol–water partition coefficient (Wildman–Crippen LogP) is 17.0. The molecule has 0 aliphatic carbocycles. The van der Waals surface area contributed by atoms with E-state index in [1.54, 1.807) is 27.7 Å². The predicted molar refractivity (Wildman–Crippen MR) is 460 cm³/mol. The van der Waals surface area contributed by atoms with Crippen LogP contribution in [-0.2, 0) is 55.8 Å². The van der Waals surface area contributed by atoms with Gasteiger partial charge in [-0.05, 0) is 210 Å². The van der Waals surface area contributed by atoms with Gasteiger partial charge in [0.2, 0.25) is 0 Å². The Morgan fingerprint density at radius 1 is 0.385 bits per heavy atom. The van der Waals surface area contributed by atoms with Crippen LogP contribution in [0.2, 0.25) is 0 Å². The van der Waals surface area contributed by atoms with Crippen LogP contribution in [0, 0.1) is 59.1 Å².